The number of anilines is 1. The second-order valence-corrected chi connectivity index (χ2v) is 6.40. The van der Waals surface area contributed by atoms with Crippen LogP contribution in [0.2, 0.25) is 0 Å². The standard InChI is InChI=1S/C14H19BrN2O2/c1-14(2)11(7-12(14)19-3)17-13(18)9-6-8(16)4-5-10(9)15/h4-6,11-12H,7,16H2,1-3H3,(H,17,18). The van der Waals surface area contributed by atoms with Crippen LogP contribution in [0.5, 0.6) is 0 Å². The number of carbonyl (C=O) groups excluding carboxylic acids is 1. The zero-order valence-corrected chi connectivity index (χ0v) is 13.0. The van der Waals surface area contributed by atoms with Crippen LogP contribution in [0.1, 0.15) is 30.6 Å². The Labute approximate surface area is 121 Å². The van der Waals surface area contributed by atoms with E-state index in [2.05, 4.69) is 35.1 Å². The van der Waals surface area contributed by atoms with Crippen molar-refractivity contribution in [3.05, 3.63) is 28.2 Å². The molecule has 0 bridgehead atoms. The van der Waals surface area contributed by atoms with Crippen molar-refractivity contribution < 1.29 is 9.53 Å². The Morgan fingerprint density at radius 3 is 2.79 bits per heavy atom. The van der Waals surface area contributed by atoms with Crippen molar-refractivity contribution in [2.24, 2.45) is 5.41 Å². The topological polar surface area (TPSA) is 64.3 Å². The molecule has 1 saturated carbocycles. The van der Waals surface area contributed by atoms with Gasteiger partial charge in [0, 0.05) is 28.7 Å². The summed E-state index contributed by atoms with van der Waals surface area (Å²) in [6.45, 7) is 4.20. The van der Waals surface area contributed by atoms with E-state index in [0.29, 0.717) is 11.3 Å². The molecule has 0 saturated heterocycles. The molecule has 4 nitrogen and oxygen atoms in total. The summed E-state index contributed by atoms with van der Waals surface area (Å²) in [5, 5.41) is 3.05. The maximum Gasteiger partial charge on any atom is 0.252 e. The van der Waals surface area contributed by atoms with Gasteiger partial charge in [0.15, 0.2) is 0 Å². The lowest BCUT2D eigenvalue weighted by molar-refractivity contribution is -0.0942. The number of amides is 1. The molecule has 2 atom stereocenters. The summed E-state index contributed by atoms with van der Waals surface area (Å²) in [5.41, 5.74) is 6.82. The summed E-state index contributed by atoms with van der Waals surface area (Å²) in [7, 11) is 1.71. The molecule has 2 unspecified atom stereocenters. The number of ether oxygens (including phenoxy) is 1. The van der Waals surface area contributed by atoms with Crippen LogP contribution in [-0.4, -0.2) is 25.2 Å². The van der Waals surface area contributed by atoms with Crippen molar-refractivity contribution in [2.75, 3.05) is 12.8 Å². The van der Waals surface area contributed by atoms with Crippen LogP contribution in [0.4, 0.5) is 5.69 Å². The third-order valence-corrected chi connectivity index (χ3v) is 4.69. The van der Waals surface area contributed by atoms with Gasteiger partial charge in [-0.25, -0.2) is 0 Å². The number of nitrogens with one attached hydrogen (secondary N) is 1. The molecule has 5 heteroatoms. The van der Waals surface area contributed by atoms with Gasteiger partial charge in [-0.2, -0.15) is 0 Å². The lowest BCUT2D eigenvalue weighted by Gasteiger charge is -2.51. The Kier molecular flexibility index (Phi) is 3.87. The monoisotopic (exact) mass is 326 g/mol. The van der Waals surface area contributed by atoms with E-state index in [1.165, 1.54) is 0 Å². The Morgan fingerprint density at radius 2 is 2.21 bits per heavy atom. The fourth-order valence-corrected chi connectivity index (χ4v) is 2.91. The van der Waals surface area contributed by atoms with Gasteiger partial charge in [0.1, 0.15) is 0 Å². The van der Waals surface area contributed by atoms with Crippen LogP contribution >= 0.6 is 15.9 Å². The average molecular weight is 327 g/mol. The molecule has 0 spiro atoms. The minimum Gasteiger partial charge on any atom is -0.399 e. The highest BCUT2D eigenvalue weighted by Gasteiger charge is 2.49. The van der Waals surface area contributed by atoms with Gasteiger partial charge in [-0.15, -0.1) is 0 Å². The average Bonchev–Trinajstić information content (AvgIpc) is 2.36. The molecule has 0 heterocycles. The van der Waals surface area contributed by atoms with Gasteiger partial charge in [-0.3, -0.25) is 4.79 Å². The van der Waals surface area contributed by atoms with E-state index >= 15 is 0 Å². The molecule has 0 aliphatic heterocycles. The second kappa shape index (κ2) is 5.13. The zero-order valence-electron chi connectivity index (χ0n) is 11.4. The van der Waals surface area contributed by atoms with Gasteiger partial charge in [0.05, 0.1) is 11.7 Å². The highest BCUT2D eigenvalue weighted by Crippen LogP contribution is 2.42. The number of methoxy groups -OCH3 is 1. The van der Waals surface area contributed by atoms with Crippen molar-refractivity contribution in [1.29, 1.82) is 0 Å². The molecule has 0 radical (unpaired) electrons. The summed E-state index contributed by atoms with van der Waals surface area (Å²) in [4.78, 5) is 12.3. The van der Waals surface area contributed by atoms with Crippen molar-refractivity contribution in [3.8, 4) is 0 Å². The summed E-state index contributed by atoms with van der Waals surface area (Å²) < 4.78 is 6.13. The van der Waals surface area contributed by atoms with E-state index in [9.17, 15) is 4.79 Å². The molecule has 2 rings (SSSR count). The number of nitrogens with two attached hydrogens (primary N) is 1. The first kappa shape index (κ1) is 14.3. The van der Waals surface area contributed by atoms with Crippen molar-refractivity contribution in [1.82, 2.24) is 5.32 Å². The van der Waals surface area contributed by atoms with Crippen LogP contribution in [0.3, 0.4) is 0 Å². The Morgan fingerprint density at radius 1 is 1.53 bits per heavy atom. The Hall–Kier alpha value is -1.07. The van der Waals surface area contributed by atoms with Crippen LogP contribution in [0, 0.1) is 5.41 Å². The van der Waals surface area contributed by atoms with Crippen LogP contribution < -0.4 is 11.1 Å². The molecule has 1 aliphatic carbocycles. The number of nitrogen functional groups attached to an aromatic ring is 1. The van der Waals surface area contributed by atoms with E-state index in [1.807, 2.05) is 0 Å². The number of halogens is 1. The van der Waals surface area contributed by atoms with Gasteiger partial charge in [0.25, 0.3) is 5.91 Å². The maximum absolute atomic E-state index is 12.3. The van der Waals surface area contributed by atoms with Crippen LogP contribution in [0.25, 0.3) is 0 Å². The van der Waals surface area contributed by atoms with Crippen LogP contribution in [-0.2, 0) is 4.74 Å². The molecule has 1 aromatic carbocycles. The third-order valence-electron chi connectivity index (χ3n) is 4.00. The smallest absolute Gasteiger partial charge is 0.252 e. The van der Waals surface area contributed by atoms with E-state index < -0.39 is 0 Å². The summed E-state index contributed by atoms with van der Waals surface area (Å²) in [6, 6.07) is 5.35. The van der Waals surface area contributed by atoms with Gasteiger partial charge < -0.3 is 15.8 Å². The molecular weight excluding hydrogens is 308 g/mol. The minimum absolute atomic E-state index is 0.0444. The lowest BCUT2D eigenvalue weighted by Crippen LogP contribution is -2.61. The number of benzene rings is 1. The summed E-state index contributed by atoms with van der Waals surface area (Å²) in [6.07, 6.45) is 1.04. The minimum atomic E-state index is -0.105. The molecule has 1 amide bonds. The first-order chi connectivity index (χ1) is 8.86. The Balaban J connectivity index is 2.09. The highest BCUT2D eigenvalue weighted by atomic mass is 79.9. The first-order valence-corrected chi connectivity index (χ1v) is 7.04. The van der Waals surface area contributed by atoms with E-state index in [-0.39, 0.29) is 23.5 Å². The van der Waals surface area contributed by atoms with Crippen LogP contribution in [0.15, 0.2) is 22.7 Å². The molecule has 104 valence electrons. The SMILES string of the molecule is COC1CC(NC(=O)c2cc(N)ccc2Br)C1(C)C. The van der Waals surface area contributed by atoms with Gasteiger partial charge in [0.2, 0.25) is 0 Å². The molecular formula is C14H19BrN2O2. The van der Waals surface area contributed by atoms with Crippen molar-refractivity contribution >= 4 is 27.5 Å². The quantitative estimate of drug-likeness (QED) is 0.839. The highest BCUT2D eigenvalue weighted by molar-refractivity contribution is 9.10. The molecule has 3 N–H and O–H groups in total. The fourth-order valence-electron chi connectivity index (χ4n) is 2.48. The van der Waals surface area contributed by atoms with Crippen molar-refractivity contribution in [2.45, 2.75) is 32.4 Å². The lowest BCUT2D eigenvalue weighted by atomic mass is 9.64. The first-order valence-electron chi connectivity index (χ1n) is 6.25. The number of hydrogen-bond acceptors (Lipinski definition) is 3. The molecule has 19 heavy (non-hydrogen) atoms. The van der Waals surface area contributed by atoms with Gasteiger partial charge in [-0.05, 0) is 40.5 Å². The normalized spacial score (nSPS) is 24.6. The Bertz CT molecular complexity index is 502. The summed E-state index contributed by atoms with van der Waals surface area (Å²) >= 11 is 3.37. The predicted octanol–water partition coefficient (Wildman–Crippen LogP) is 2.57. The van der Waals surface area contributed by atoms with Gasteiger partial charge in [-0.1, -0.05) is 13.8 Å². The third kappa shape index (κ3) is 2.62. The maximum atomic E-state index is 12.3. The predicted molar refractivity (Wildman–Crippen MR) is 79.0 cm³/mol. The van der Waals surface area contributed by atoms with E-state index in [4.69, 9.17) is 10.5 Å². The molecule has 1 fully saturated rings. The van der Waals surface area contributed by atoms with Crippen molar-refractivity contribution in [3.63, 3.8) is 0 Å². The zero-order chi connectivity index (χ0) is 14.2. The molecule has 1 aromatic rings. The van der Waals surface area contributed by atoms with Gasteiger partial charge >= 0.3 is 0 Å². The molecule has 1 aliphatic rings. The number of hydrogen-bond donors (Lipinski definition) is 2. The molecule has 0 aromatic heterocycles. The number of carbonyl (C=O) groups is 1. The second-order valence-electron chi connectivity index (χ2n) is 5.55. The fraction of sp³-hybridized carbons (Fsp3) is 0.500. The largest absolute Gasteiger partial charge is 0.399 e. The summed E-state index contributed by atoms with van der Waals surface area (Å²) in [5.74, 6) is -0.105. The van der Waals surface area contributed by atoms with E-state index in [0.717, 1.165) is 10.9 Å². The number of rotatable bonds is 3. The van der Waals surface area contributed by atoms with E-state index in [1.54, 1.807) is 25.3 Å².